The van der Waals surface area contributed by atoms with Gasteiger partial charge in [-0.05, 0) is 30.4 Å². The highest BCUT2D eigenvalue weighted by Gasteiger charge is 2.20. The van der Waals surface area contributed by atoms with E-state index in [9.17, 15) is 14.7 Å². The van der Waals surface area contributed by atoms with Crippen molar-refractivity contribution in [1.82, 2.24) is 10.6 Å². The number of carboxylic acids is 1. The number of aromatic carboxylic acids is 1. The van der Waals surface area contributed by atoms with Gasteiger partial charge in [0.1, 0.15) is 17.2 Å². The van der Waals surface area contributed by atoms with Crippen LogP contribution in [-0.4, -0.2) is 17.0 Å². The summed E-state index contributed by atoms with van der Waals surface area (Å²) in [6.45, 7) is 0. The third-order valence-electron chi connectivity index (χ3n) is 3.11. The second-order valence-electron chi connectivity index (χ2n) is 4.65. The summed E-state index contributed by atoms with van der Waals surface area (Å²) in [5.41, 5.74) is 0.787. The number of hydrogen-bond donors (Lipinski definition) is 2. The zero-order valence-corrected chi connectivity index (χ0v) is 13.0. The van der Waals surface area contributed by atoms with E-state index in [2.05, 4.69) is 10.6 Å². The summed E-state index contributed by atoms with van der Waals surface area (Å²) >= 11 is 10.7. The van der Waals surface area contributed by atoms with E-state index < -0.39 is 5.97 Å². The maximum Gasteiger partial charge on any atom is 0.274 e. The second-order valence-corrected chi connectivity index (χ2v) is 5.47. The predicted molar refractivity (Wildman–Crippen MR) is 85.3 cm³/mol. The number of carboxylic acid groups (broad SMARTS) is 1. The molecule has 0 atom stereocenters. The van der Waals surface area contributed by atoms with E-state index in [0.29, 0.717) is 17.1 Å². The molecule has 0 unspecified atom stereocenters. The van der Waals surface area contributed by atoms with Crippen LogP contribution in [0.15, 0.2) is 40.4 Å². The summed E-state index contributed by atoms with van der Waals surface area (Å²) < 4.78 is 5.61. The van der Waals surface area contributed by atoms with Gasteiger partial charge in [0.05, 0.1) is 11.0 Å². The van der Waals surface area contributed by atoms with E-state index in [-0.39, 0.29) is 27.3 Å². The zero-order valence-electron chi connectivity index (χ0n) is 11.4. The van der Waals surface area contributed by atoms with Crippen molar-refractivity contribution in [3.05, 3.63) is 52.4 Å². The van der Waals surface area contributed by atoms with Gasteiger partial charge >= 0.3 is 0 Å². The lowest BCUT2D eigenvalue weighted by Crippen LogP contribution is -2.22. The van der Waals surface area contributed by atoms with Crippen LogP contribution in [-0.2, 0) is 4.79 Å². The monoisotopic (exact) mass is 347 g/mol. The van der Waals surface area contributed by atoms with Crippen LogP contribution in [0.5, 0.6) is 0 Å². The number of benzene rings is 1. The van der Waals surface area contributed by atoms with Crippen LogP contribution < -0.4 is 15.7 Å². The summed E-state index contributed by atoms with van der Waals surface area (Å²) in [4.78, 5) is 22.4. The molecule has 3 rings (SSSR count). The molecular weight excluding hydrogens is 340 g/mol. The lowest BCUT2D eigenvalue weighted by Gasteiger charge is -2.06. The van der Waals surface area contributed by atoms with Crippen molar-refractivity contribution in [3.8, 4) is 11.3 Å². The molecule has 2 N–H and O–H groups in total. The van der Waals surface area contributed by atoms with E-state index >= 15 is 0 Å². The standard InChI is InChI=1S/C15H9ClN2O4S/c16-10-5-7(1-3-9(10)14(20)21)12-4-2-8(22-12)6-11-13(19)18-15(23)17-11/h1-6H,(H,20,21)(H2,17,18,19,23)/p-1/b11-6+. The second kappa shape index (κ2) is 5.86. The first-order valence-electron chi connectivity index (χ1n) is 6.39. The third-order valence-corrected chi connectivity index (χ3v) is 3.62. The van der Waals surface area contributed by atoms with Crippen molar-refractivity contribution in [2.45, 2.75) is 0 Å². The van der Waals surface area contributed by atoms with Gasteiger partial charge in [-0.2, -0.15) is 0 Å². The first-order chi connectivity index (χ1) is 10.9. The minimum atomic E-state index is -1.35. The highest BCUT2D eigenvalue weighted by molar-refractivity contribution is 7.80. The molecule has 2 aromatic rings. The summed E-state index contributed by atoms with van der Waals surface area (Å²) in [7, 11) is 0. The molecule has 8 heteroatoms. The molecule has 1 aromatic carbocycles. The van der Waals surface area contributed by atoms with Crippen molar-refractivity contribution < 1.29 is 19.1 Å². The molecule has 1 aliphatic rings. The normalized spacial score (nSPS) is 15.6. The van der Waals surface area contributed by atoms with Crippen LogP contribution in [0.3, 0.4) is 0 Å². The van der Waals surface area contributed by atoms with Gasteiger partial charge in [-0.1, -0.05) is 23.7 Å². The number of thiocarbonyl (C=S) groups is 1. The molecule has 6 nitrogen and oxygen atoms in total. The van der Waals surface area contributed by atoms with Gasteiger partial charge in [0, 0.05) is 17.2 Å². The van der Waals surface area contributed by atoms with Crippen LogP contribution in [0.1, 0.15) is 16.1 Å². The molecule has 1 saturated heterocycles. The SMILES string of the molecule is O=C1NC(=S)N/C1=C/c1ccc(-c2ccc(C(=O)[O-])c(Cl)c2)o1. The Kier molecular flexibility index (Phi) is 3.89. The average Bonchev–Trinajstić information content (AvgIpc) is 3.06. The van der Waals surface area contributed by atoms with Gasteiger partial charge in [0.15, 0.2) is 5.11 Å². The van der Waals surface area contributed by atoms with Gasteiger partial charge in [0.2, 0.25) is 0 Å². The predicted octanol–water partition coefficient (Wildman–Crippen LogP) is 1.31. The van der Waals surface area contributed by atoms with E-state index in [4.69, 9.17) is 28.2 Å². The van der Waals surface area contributed by atoms with Crippen LogP contribution in [0.25, 0.3) is 17.4 Å². The largest absolute Gasteiger partial charge is 0.545 e. The number of furan rings is 1. The first kappa shape index (κ1) is 15.3. The zero-order chi connectivity index (χ0) is 16.6. The van der Waals surface area contributed by atoms with Gasteiger partial charge in [-0.3, -0.25) is 10.1 Å². The highest BCUT2D eigenvalue weighted by atomic mass is 35.5. The Morgan fingerprint density at radius 2 is 2.04 bits per heavy atom. The maximum atomic E-state index is 11.6. The Hall–Kier alpha value is -2.64. The number of hydrogen-bond acceptors (Lipinski definition) is 5. The molecule has 0 radical (unpaired) electrons. The lowest BCUT2D eigenvalue weighted by atomic mass is 10.1. The number of carbonyl (C=O) groups excluding carboxylic acids is 2. The van der Waals surface area contributed by atoms with Crippen LogP contribution in [0.2, 0.25) is 5.02 Å². The van der Waals surface area contributed by atoms with Crippen molar-refractivity contribution >= 4 is 46.9 Å². The molecule has 2 heterocycles. The van der Waals surface area contributed by atoms with Gasteiger partial charge in [-0.25, -0.2) is 0 Å². The van der Waals surface area contributed by atoms with Crippen molar-refractivity contribution in [2.75, 3.05) is 0 Å². The number of carbonyl (C=O) groups is 2. The van der Waals surface area contributed by atoms with E-state index in [1.54, 1.807) is 18.2 Å². The van der Waals surface area contributed by atoms with Crippen LogP contribution in [0, 0.1) is 0 Å². The molecule has 0 aliphatic carbocycles. The number of amides is 1. The minimum absolute atomic E-state index is 0.0565. The molecule has 1 aliphatic heterocycles. The molecule has 116 valence electrons. The van der Waals surface area contributed by atoms with E-state index in [0.717, 1.165) is 0 Å². The molecule has 1 aromatic heterocycles. The Morgan fingerprint density at radius 1 is 1.26 bits per heavy atom. The number of rotatable bonds is 3. The minimum Gasteiger partial charge on any atom is -0.545 e. The number of nitrogens with one attached hydrogen (secondary N) is 2. The van der Waals surface area contributed by atoms with Crippen molar-refractivity contribution in [3.63, 3.8) is 0 Å². The van der Waals surface area contributed by atoms with Gasteiger partial charge < -0.3 is 19.6 Å². The fourth-order valence-corrected chi connectivity index (χ4v) is 2.50. The highest BCUT2D eigenvalue weighted by Crippen LogP contribution is 2.27. The third kappa shape index (κ3) is 3.10. The Balaban J connectivity index is 1.89. The average molecular weight is 348 g/mol. The van der Waals surface area contributed by atoms with Crippen molar-refractivity contribution in [1.29, 1.82) is 0 Å². The number of halogens is 1. The van der Waals surface area contributed by atoms with E-state index in [1.807, 2.05) is 0 Å². The first-order valence-corrected chi connectivity index (χ1v) is 7.18. The fourth-order valence-electron chi connectivity index (χ4n) is 2.04. The summed E-state index contributed by atoms with van der Waals surface area (Å²) in [5.74, 6) is -0.776. The van der Waals surface area contributed by atoms with Crippen LogP contribution in [0.4, 0.5) is 0 Å². The molecule has 1 amide bonds. The lowest BCUT2D eigenvalue weighted by molar-refractivity contribution is -0.255. The Labute approximate surface area is 140 Å². The van der Waals surface area contributed by atoms with Crippen molar-refractivity contribution in [2.24, 2.45) is 0 Å². The quantitative estimate of drug-likeness (QED) is 0.642. The summed E-state index contributed by atoms with van der Waals surface area (Å²) in [6, 6.07) is 7.72. The molecular formula is C15H8ClN2O4S-. The molecule has 0 bridgehead atoms. The molecule has 1 fully saturated rings. The van der Waals surface area contributed by atoms with Crippen LogP contribution >= 0.6 is 23.8 Å². The summed E-state index contributed by atoms with van der Waals surface area (Å²) in [6.07, 6.45) is 1.51. The fraction of sp³-hybridized carbons (Fsp3) is 0. The Morgan fingerprint density at radius 3 is 2.65 bits per heavy atom. The smallest absolute Gasteiger partial charge is 0.274 e. The van der Waals surface area contributed by atoms with Gasteiger partial charge in [0.25, 0.3) is 5.91 Å². The maximum absolute atomic E-state index is 11.6. The summed E-state index contributed by atoms with van der Waals surface area (Å²) in [5, 5.41) is 16.3. The Bertz CT molecular complexity index is 872. The molecule has 23 heavy (non-hydrogen) atoms. The molecule has 0 saturated carbocycles. The molecule has 0 spiro atoms. The van der Waals surface area contributed by atoms with Gasteiger partial charge in [-0.15, -0.1) is 0 Å². The van der Waals surface area contributed by atoms with E-state index in [1.165, 1.54) is 18.2 Å². The topological polar surface area (TPSA) is 94.4 Å².